The number of benzene rings is 2. The van der Waals surface area contributed by atoms with Crippen LogP contribution in [0.2, 0.25) is 0 Å². The molecule has 2 aromatic carbocycles. The zero-order chi connectivity index (χ0) is 22.1. The fourth-order valence-electron chi connectivity index (χ4n) is 4.69. The molecule has 0 bridgehead atoms. The van der Waals surface area contributed by atoms with E-state index in [0.717, 1.165) is 35.6 Å². The van der Waals surface area contributed by atoms with E-state index in [1.165, 1.54) is 0 Å². The molecule has 2 amide bonds. The zero-order valence-electron chi connectivity index (χ0n) is 18.1. The molecule has 8 heteroatoms. The van der Waals surface area contributed by atoms with Gasteiger partial charge in [0.15, 0.2) is 17.6 Å². The lowest BCUT2D eigenvalue weighted by atomic mass is 10.0. The van der Waals surface area contributed by atoms with E-state index >= 15 is 0 Å². The molecule has 3 aliphatic rings. The number of anilines is 1. The van der Waals surface area contributed by atoms with Gasteiger partial charge in [-0.05, 0) is 42.7 Å². The highest BCUT2D eigenvalue weighted by Crippen LogP contribution is 2.39. The zero-order valence-corrected chi connectivity index (χ0v) is 18.1. The summed E-state index contributed by atoms with van der Waals surface area (Å²) in [6.45, 7) is 2.31. The Labute approximate surface area is 187 Å². The summed E-state index contributed by atoms with van der Waals surface area (Å²) in [5.74, 6) is 1.94. The first-order valence-electron chi connectivity index (χ1n) is 11.1. The first kappa shape index (κ1) is 20.5. The van der Waals surface area contributed by atoms with Crippen LogP contribution in [-0.4, -0.2) is 62.7 Å². The molecule has 0 saturated carbocycles. The monoisotopic (exact) mass is 437 g/mol. The number of para-hydroxylation sites is 2. The minimum Gasteiger partial charge on any atom is -0.486 e. The molecular weight excluding hydrogens is 410 g/mol. The Morgan fingerprint density at radius 2 is 1.88 bits per heavy atom. The van der Waals surface area contributed by atoms with E-state index in [9.17, 15) is 9.59 Å². The van der Waals surface area contributed by atoms with E-state index in [1.54, 1.807) is 7.05 Å². The number of carbonyl (C=O) groups is 2. The highest BCUT2D eigenvalue weighted by molar-refractivity contribution is 5.86. The summed E-state index contributed by atoms with van der Waals surface area (Å²) in [5, 5.41) is 2.64. The molecule has 1 N–H and O–H groups in total. The van der Waals surface area contributed by atoms with Gasteiger partial charge in [-0.2, -0.15) is 0 Å². The fourth-order valence-corrected chi connectivity index (χ4v) is 4.69. The molecule has 0 unspecified atom stereocenters. The highest BCUT2D eigenvalue weighted by atomic mass is 16.6. The number of carbonyl (C=O) groups excluding carboxylic acids is 2. The van der Waals surface area contributed by atoms with Crippen molar-refractivity contribution in [3.05, 3.63) is 48.0 Å². The van der Waals surface area contributed by atoms with E-state index in [2.05, 4.69) is 5.32 Å². The van der Waals surface area contributed by atoms with E-state index in [-0.39, 0.29) is 24.4 Å². The van der Waals surface area contributed by atoms with Crippen LogP contribution in [-0.2, 0) is 9.59 Å². The van der Waals surface area contributed by atoms with Crippen molar-refractivity contribution in [2.75, 3.05) is 44.8 Å². The Balaban J connectivity index is 1.35. The number of amides is 2. The minimum absolute atomic E-state index is 0.00403. The van der Waals surface area contributed by atoms with Crippen molar-refractivity contribution in [1.82, 2.24) is 10.2 Å². The number of hydrogen-bond donors (Lipinski definition) is 1. The number of ether oxygens (including phenoxy) is 3. The average molecular weight is 437 g/mol. The number of rotatable bonds is 4. The minimum atomic E-state index is -0.658. The third kappa shape index (κ3) is 3.81. The molecule has 1 saturated heterocycles. The summed E-state index contributed by atoms with van der Waals surface area (Å²) in [4.78, 5) is 29.6. The molecule has 0 aromatic heterocycles. The van der Waals surface area contributed by atoms with Gasteiger partial charge in [0.05, 0.1) is 24.8 Å². The van der Waals surface area contributed by atoms with Crippen LogP contribution in [0.1, 0.15) is 24.4 Å². The summed E-state index contributed by atoms with van der Waals surface area (Å²) in [7, 11) is 1.59. The second-order valence-corrected chi connectivity index (χ2v) is 8.22. The van der Waals surface area contributed by atoms with Crippen molar-refractivity contribution >= 4 is 17.5 Å². The fraction of sp³-hybridized carbons (Fsp3) is 0.417. The standard InChI is InChI=1S/C24H27N3O5/c1-25-24(29)22-14-26(18-5-2-3-7-19(18)32-22)15-23(28)27-10-4-6-17(27)16-8-9-20-21(13-16)31-12-11-30-20/h2-3,5,7-9,13,17,22H,4,6,10-12,14-15H2,1H3,(H,25,29)/t17-,22+/m1/s1. The van der Waals surface area contributed by atoms with Gasteiger partial charge in [-0.1, -0.05) is 18.2 Å². The largest absolute Gasteiger partial charge is 0.486 e. The smallest absolute Gasteiger partial charge is 0.262 e. The summed E-state index contributed by atoms with van der Waals surface area (Å²) in [6.07, 6.45) is 1.20. The van der Waals surface area contributed by atoms with Crippen LogP contribution in [0, 0.1) is 0 Å². The van der Waals surface area contributed by atoms with Gasteiger partial charge in [0, 0.05) is 13.6 Å². The summed E-state index contributed by atoms with van der Waals surface area (Å²) in [5.41, 5.74) is 1.89. The van der Waals surface area contributed by atoms with Crippen molar-refractivity contribution < 1.29 is 23.8 Å². The lowest BCUT2D eigenvalue weighted by molar-refractivity contribution is -0.131. The molecule has 0 radical (unpaired) electrons. The second-order valence-electron chi connectivity index (χ2n) is 8.22. The van der Waals surface area contributed by atoms with Crippen molar-refractivity contribution in [1.29, 1.82) is 0 Å². The molecule has 1 fully saturated rings. The lowest BCUT2D eigenvalue weighted by Gasteiger charge is -2.36. The molecular formula is C24H27N3O5. The molecule has 0 spiro atoms. The van der Waals surface area contributed by atoms with Gasteiger partial charge >= 0.3 is 0 Å². The molecule has 168 valence electrons. The molecule has 2 aromatic rings. The van der Waals surface area contributed by atoms with E-state index < -0.39 is 6.10 Å². The number of nitrogens with one attached hydrogen (secondary N) is 1. The Morgan fingerprint density at radius 3 is 2.72 bits per heavy atom. The van der Waals surface area contributed by atoms with Crippen molar-refractivity contribution in [3.63, 3.8) is 0 Å². The maximum absolute atomic E-state index is 13.4. The van der Waals surface area contributed by atoms with Gasteiger partial charge in [-0.3, -0.25) is 9.59 Å². The molecule has 0 aliphatic carbocycles. The van der Waals surface area contributed by atoms with E-state index in [0.29, 0.717) is 32.1 Å². The van der Waals surface area contributed by atoms with Crippen LogP contribution in [0.25, 0.3) is 0 Å². The molecule has 3 aliphatic heterocycles. The molecule has 3 heterocycles. The van der Waals surface area contributed by atoms with E-state index in [1.807, 2.05) is 52.3 Å². The summed E-state index contributed by atoms with van der Waals surface area (Å²) < 4.78 is 17.2. The van der Waals surface area contributed by atoms with Crippen molar-refractivity contribution in [2.24, 2.45) is 0 Å². The number of hydrogen-bond acceptors (Lipinski definition) is 6. The Bertz CT molecular complexity index is 1030. The molecule has 8 nitrogen and oxygen atoms in total. The van der Waals surface area contributed by atoms with Crippen LogP contribution < -0.4 is 24.4 Å². The number of likely N-dealkylation sites (tertiary alicyclic amines) is 1. The topological polar surface area (TPSA) is 80.3 Å². The van der Waals surface area contributed by atoms with Gasteiger partial charge in [0.25, 0.3) is 5.91 Å². The maximum Gasteiger partial charge on any atom is 0.262 e. The van der Waals surface area contributed by atoms with Crippen LogP contribution in [0.5, 0.6) is 17.2 Å². The molecule has 5 rings (SSSR count). The molecule has 2 atom stereocenters. The van der Waals surface area contributed by atoms with Crippen LogP contribution in [0.3, 0.4) is 0 Å². The van der Waals surface area contributed by atoms with Gasteiger partial charge in [0.2, 0.25) is 5.91 Å². The Hall–Kier alpha value is -3.42. The Morgan fingerprint density at radius 1 is 1.06 bits per heavy atom. The highest BCUT2D eigenvalue weighted by Gasteiger charge is 2.35. The molecule has 32 heavy (non-hydrogen) atoms. The SMILES string of the molecule is CNC(=O)[C@@H]1CN(CC(=O)N2CCC[C@@H]2c2ccc3c(c2)OCCO3)c2ccccc2O1. The van der Waals surface area contributed by atoms with Crippen LogP contribution in [0.4, 0.5) is 5.69 Å². The quantitative estimate of drug-likeness (QED) is 0.790. The van der Waals surface area contributed by atoms with Crippen molar-refractivity contribution in [3.8, 4) is 17.2 Å². The number of fused-ring (bicyclic) bond motifs is 2. The first-order valence-corrected chi connectivity index (χ1v) is 11.1. The Kier molecular flexibility index (Phi) is 5.51. The van der Waals surface area contributed by atoms with Gasteiger partial charge < -0.3 is 29.3 Å². The predicted octanol–water partition coefficient (Wildman–Crippen LogP) is 2.13. The first-order chi connectivity index (χ1) is 15.6. The normalized spacial score (nSPS) is 21.5. The van der Waals surface area contributed by atoms with Crippen LogP contribution in [0.15, 0.2) is 42.5 Å². The van der Waals surface area contributed by atoms with Crippen LogP contribution >= 0.6 is 0 Å². The second kappa shape index (κ2) is 8.61. The van der Waals surface area contributed by atoms with Gasteiger partial charge in [-0.15, -0.1) is 0 Å². The maximum atomic E-state index is 13.4. The lowest BCUT2D eigenvalue weighted by Crippen LogP contribution is -2.51. The predicted molar refractivity (Wildman–Crippen MR) is 118 cm³/mol. The van der Waals surface area contributed by atoms with Gasteiger partial charge in [-0.25, -0.2) is 0 Å². The summed E-state index contributed by atoms with van der Waals surface area (Å²) in [6, 6.07) is 13.5. The third-order valence-corrected chi connectivity index (χ3v) is 6.25. The van der Waals surface area contributed by atoms with Crippen molar-refractivity contribution in [2.45, 2.75) is 25.0 Å². The third-order valence-electron chi connectivity index (χ3n) is 6.25. The van der Waals surface area contributed by atoms with Gasteiger partial charge in [0.1, 0.15) is 19.0 Å². The average Bonchev–Trinajstić information content (AvgIpc) is 3.33. The van der Waals surface area contributed by atoms with E-state index in [4.69, 9.17) is 14.2 Å². The number of nitrogens with zero attached hydrogens (tertiary/aromatic N) is 2. The summed E-state index contributed by atoms with van der Waals surface area (Å²) >= 11 is 0. The number of likely N-dealkylation sites (N-methyl/N-ethyl adjacent to an activating group) is 1.